The molecule has 0 atom stereocenters. The van der Waals surface area contributed by atoms with Crippen molar-refractivity contribution in [1.29, 1.82) is 0 Å². The number of carbonyl (C=O) groups is 1. The van der Waals surface area contributed by atoms with Crippen LogP contribution in [0.1, 0.15) is 24.0 Å². The van der Waals surface area contributed by atoms with Gasteiger partial charge in [-0.3, -0.25) is 4.79 Å². The molecule has 2 aromatic rings. The van der Waals surface area contributed by atoms with Crippen LogP contribution in [0.5, 0.6) is 0 Å². The number of benzene rings is 2. The fourth-order valence-electron chi connectivity index (χ4n) is 3.00. The van der Waals surface area contributed by atoms with Crippen LogP contribution in [-0.4, -0.2) is 19.0 Å². The van der Waals surface area contributed by atoms with Gasteiger partial charge >= 0.3 is 0 Å². The van der Waals surface area contributed by atoms with Crippen molar-refractivity contribution >= 4 is 33.2 Å². The van der Waals surface area contributed by atoms with Crippen molar-refractivity contribution in [2.24, 2.45) is 0 Å². The van der Waals surface area contributed by atoms with Gasteiger partial charge in [0.15, 0.2) is 0 Å². The van der Waals surface area contributed by atoms with E-state index in [1.807, 2.05) is 29.2 Å². The first-order valence-corrected chi connectivity index (χ1v) is 8.83. The highest BCUT2D eigenvalue weighted by molar-refractivity contribution is 9.10. The molecule has 3 rings (SSSR count). The van der Waals surface area contributed by atoms with E-state index in [9.17, 15) is 4.79 Å². The molecule has 0 spiro atoms. The molecule has 0 saturated carbocycles. The predicted octanol–water partition coefficient (Wildman–Crippen LogP) is 4.54. The number of hydrogen-bond donors (Lipinski definition) is 1. The molecule has 0 unspecified atom stereocenters. The smallest absolute Gasteiger partial charge is 0.228 e. The Balaban J connectivity index is 1.59. The maximum Gasteiger partial charge on any atom is 0.228 e. The average molecular weight is 373 g/mol. The van der Waals surface area contributed by atoms with Crippen molar-refractivity contribution in [2.75, 3.05) is 23.3 Å². The van der Waals surface area contributed by atoms with E-state index in [-0.39, 0.29) is 5.91 Å². The van der Waals surface area contributed by atoms with Crippen LogP contribution >= 0.6 is 15.9 Å². The minimum Gasteiger partial charge on any atom is -0.385 e. The minimum absolute atomic E-state index is 0.193. The second-order valence-corrected chi connectivity index (χ2v) is 6.77. The Morgan fingerprint density at radius 1 is 1.26 bits per heavy atom. The second-order valence-electron chi connectivity index (χ2n) is 5.92. The average Bonchev–Trinajstić information content (AvgIpc) is 2.57. The lowest BCUT2D eigenvalue weighted by Crippen LogP contribution is -2.36. The standard InChI is InChI=1S/C19H21BrN2O/c1-14-13-16(8-9-17(14)20)21-11-10-19(23)22-12-4-6-15-5-2-3-7-18(15)22/h2-3,5,7-9,13,21H,4,6,10-12H2,1H3. The van der Waals surface area contributed by atoms with Crippen LogP contribution in [0.3, 0.4) is 0 Å². The van der Waals surface area contributed by atoms with Gasteiger partial charge in [-0.05, 0) is 55.2 Å². The van der Waals surface area contributed by atoms with E-state index in [0.717, 1.165) is 35.2 Å². The van der Waals surface area contributed by atoms with Gasteiger partial charge in [-0.25, -0.2) is 0 Å². The maximum absolute atomic E-state index is 12.6. The number of hydrogen-bond acceptors (Lipinski definition) is 2. The van der Waals surface area contributed by atoms with Gasteiger partial charge in [-0.2, -0.15) is 0 Å². The maximum atomic E-state index is 12.6. The van der Waals surface area contributed by atoms with E-state index < -0.39 is 0 Å². The van der Waals surface area contributed by atoms with Crippen LogP contribution < -0.4 is 10.2 Å². The fourth-order valence-corrected chi connectivity index (χ4v) is 3.24. The third-order valence-corrected chi connectivity index (χ3v) is 5.13. The number of rotatable bonds is 4. The van der Waals surface area contributed by atoms with Crippen molar-refractivity contribution in [1.82, 2.24) is 0 Å². The topological polar surface area (TPSA) is 32.3 Å². The van der Waals surface area contributed by atoms with Gasteiger partial charge in [0, 0.05) is 35.4 Å². The van der Waals surface area contributed by atoms with Crippen LogP contribution in [-0.2, 0) is 11.2 Å². The second kappa shape index (κ2) is 7.18. The van der Waals surface area contributed by atoms with E-state index in [4.69, 9.17) is 0 Å². The highest BCUT2D eigenvalue weighted by atomic mass is 79.9. The number of fused-ring (bicyclic) bond motifs is 1. The predicted molar refractivity (Wildman–Crippen MR) is 99.1 cm³/mol. The van der Waals surface area contributed by atoms with Crippen LogP contribution in [0.2, 0.25) is 0 Å². The molecule has 0 aromatic heterocycles. The van der Waals surface area contributed by atoms with Gasteiger partial charge in [-0.15, -0.1) is 0 Å². The molecule has 0 saturated heterocycles. The molecule has 1 N–H and O–H groups in total. The van der Waals surface area contributed by atoms with Crippen molar-refractivity contribution in [3.63, 3.8) is 0 Å². The molecule has 1 amide bonds. The minimum atomic E-state index is 0.193. The van der Waals surface area contributed by atoms with Gasteiger partial charge in [0.25, 0.3) is 0 Å². The first-order chi connectivity index (χ1) is 11.1. The van der Waals surface area contributed by atoms with Crippen LogP contribution in [0.15, 0.2) is 46.9 Å². The summed E-state index contributed by atoms with van der Waals surface area (Å²) in [5, 5.41) is 3.34. The molecular weight excluding hydrogens is 352 g/mol. The summed E-state index contributed by atoms with van der Waals surface area (Å²) in [6.07, 6.45) is 2.61. The SMILES string of the molecule is Cc1cc(NCCC(=O)N2CCCc3ccccc32)ccc1Br. The van der Waals surface area contributed by atoms with E-state index in [1.54, 1.807) is 0 Å². The van der Waals surface area contributed by atoms with Crippen molar-refractivity contribution in [3.05, 3.63) is 58.1 Å². The number of carbonyl (C=O) groups excluding carboxylic acids is 1. The van der Waals surface area contributed by atoms with Gasteiger partial charge in [0.05, 0.1) is 0 Å². The van der Waals surface area contributed by atoms with Crippen molar-refractivity contribution in [2.45, 2.75) is 26.2 Å². The van der Waals surface area contributed by atoms with Gasteiger partial charge in [0.2, 0.25) is 5.91 Å². The zero-order chi connectivity index (χ0) is 16.2. The van der Waals surface area contributed by atoms with Gasteiger partial charge in [-0.1, -0.05) is 34.1 Å². The molecule has 120 valence electrons. The number of nitrogens with one attached hydrogen (secondary N) is 1. The van der Waals surface area contributed by atoms with Crippen LogP contribution in [0.25, 0.3) is 0 Å². The summed E-state index contributed by atoms with van der Waals surface area (Å²) in [5.74, 6) is 0.193. The Bertz CT molecular complexity index is 714. The molecule has 0 bridgehead atoms. The Hall–Kier alpha value is -1.81. The largest absolute Gasteiger partial charge is 0.385 e. The van der Waals surface area contributed by atoms with E-state index >= 15 is 0 Å². The summed E-state index contributed by atoms with van der Waals surface area (Å²) in [4.78, 5) is 14.5. The monoisotopic (exact) mass is 372 g/mol. The highest BCUT2D eigenvalue weighted by Crippen LogP contribution is 2.27. The molecular formula is C19H21BrN2O. The number of aryl methyl sites for hydroxylation is 2. The summed E-state index contributed by atoms with van der Waals surface area (Å²) < 4.78 is 1.10. The molecule has 4 heteroatoms. The van der Waals surface area contributed by atoms with Crippen molar-refractivity contribution in [3.8, 4) is 0 Å². The molecule has 0 aliphatic carbocycles. The first kappa shape index (κ1) is 16.1. The summed E-state index contributed by atoms with van der Waals surface area (Å²) in [7, 11) is 0. The van der Waals surface area contributed by atoms with Gasteiger partial charge < -0.3 is 10.2 Å². The summed E-state index contributed by atoms with van der Waals surface area (Å²) in [6.45, 7) is 3.54. The van der Waals surface area contributed by atoms with Crippen LogP contribution in [0.4, 0.5) is 11.4 Å². The fraction of sp³-hybridized carbons (Fsp3) is 0.316. The zero-order valence-corrected chi connectivity index (χ0v) is 14.9. The molecule has 0 radical (unpaired) electrons. The number of anilines is 2. The molecule has 2 aromatic carbocycles. The molecule has 1 heterocycles. The third-order valence-electron chi connectivity index (χ3n) is 4.24. The van der Waals surface area contributed by atoms with E-state index in [0.29, 0.717) is 13.0 Å². The zero-order valence-electron chi connectivity index (χ0n) is 13.3. The summed E-state index contributed by atoms with van der Waals surface area (Å²) >= 11 is 3.50. The lowest BCUT2D eigenvalue weighted by molar-refractivity contribution is -0.118. The lowest BCUT2D eigenvalue weighted by Gasteiger charge is -2.29. The number of nitrogens with zero attached hydrogens (tertiary/aromatic N) is 1. The van der Waals surface area contributed by atoms with E-state index in [1.165, 1.54) is 11.1 Å². The summed E-state index contributed by atoms with van der Waals surface area (Å²) in [6, 6.07) is 14.4. The molecule has 1 aliphatic heterocycles. The molecule has 23 heavy (non-hydrogen) atoms. The Morgan fingerprint density at radius 3 is 2.91 bits per heavy atom. The van der Waals surface area contributed by atoms with Crippen molar-refractivity contribution < 1.29 is 4.79 Å². The molecule has 1 aliphatic rings. The summed E-state index contributed by atoms with van der Waals surface area (Å²) in [5.41, 5.74) is 4.61. The Labute approximate surface area is 145 Å². The van der Waals surface area contributed by atoms with Gasteiger partial charge in [0.1, 0.15) is 0 Å². The first-order valence-electron chi connectivity index (χ1n) is 8.03. The number of halogens is 1. The normalized spacial score (nSPS) is 13.6. The number of para-hydroxylation sites is 1. The Kier molecular flexibility index (Phi) is 5.01. The van der Waals surface area contributed by atoms with Crippen LogP contribution in [0, 0.1) is 6.92 Å². The molecule has 3 nitrogen and oxygen atoms in total. The number of amides is 1. The third kappa shape index (κ3) is 3.75. The molecule has 0 fully saturated rings. The quantitative estimate of drug-likeness (QED) is 0.854. The lowest BCUT2D eigenvalue weighted by atomic mass is 10.0. The van der Waals surface area contributed by atoms with E-state index in [2.05, 4.69) is 46.4 Å². The highest BCUT2D eigenvalue weighted by Gasteiger charge is 2.21. The Morgan fingerprint density at radius 2 is 2.09 bits per heavy atom.